The van der Waals surface area contributed by atoms with Gasteiger partial charge in [-0.1, -0.05) is 31.2 Å². The Labute approximate surface area is 103 Å². The molecule has 0 radical (unpaired) electrons. The van der Waals surface area contributed by atoms with E-state index in [1.807, 2.05) is 24.1 Å². The summed E-state index contributed by atoms with van der Waals surface area (Å²) in [4.78, 5) is 14.1. The summed E-state index contributed by atoms with van der Waals surface area (Å²) in [5, 5.41) is 3.32. The molecule has 17 heavy (non-hydrogen) atoms. The summed E-state index contributed by atoms with van der Waals surface area (Å²) in [6.45, 7) is 3.79. The minimum atomic E-state index is -0.156. The van der Waals surface area contributed by atoms with E-state index in [2.05, 4.69) is 24.4 Å². The fraction of sp³-hybridized carbons (Fsp3) is 0.500. The molecule has 0 saturated carbocycles. The average molecular weight is 232 g/mol. The Morgan fingerprint density at radius 1 is 1.47 bits per heavy atom. The van der Waals surface area contributed by atoms with Crippen LogP contribution in [0.1, 0.15) is 30.5 Å². The molecule has 3 heteroatoms. The van der Waals surface area contributed by atoms with Crippen molar-refractivity contribution in [3.63, 3.8) is 0 Å². The molecule has 1 heterocycles. The van der Waals surface area contributed by atoms with E-state index in [-0.39, 0.29) is 11.9 Å². The largest absolute Gasteiger partial charge is 0.344 e. The SMILES string of the molecule is CCCN(C)C(=O)C1NCCc2ccccc21. The fourth-order valence-corrected chi connectivity index (χ4v) is 2.39. The van der Waals surface area contributed by atoms with Crippen molar-refractivity contribution in [2.75, 3.05) is 20.1 Å². The molecule has 1 amide bonds. The van der Waals surface area contributed by atoms with E-state index >= 15 is 0 Å². The van der Waals surface area contributed by atoms with E-state index in [0.29, 0.717) is 0 Å². The van der Waals surface area contributed by atoms with Crippen molar-refractivity contribution in [2.45, 2.75) is 25.8 Å². The summed E-state index contributed by atoms with van der Waals surface area (Å²) < 4.78 is 0. The molecule has 0 bridgehead atoms. The van der Waals surface area contributed by atoms with Crippen molar-refractivity contribution in [2.24, 2.45) is 0 Å². The molecule has 92 valence electrons. The molecular weight excluding hydrogens is 212 g/mol. The minimum absolute atomic E-state index is 0.156. The van der Waals surface area contributed by atoms with Gasteiger partial charge >= 0.3 is 0 Å². The van der Waals surface area contributed by atoms with E-state index in [1.165, 1.54) is 5.56 Å². The molecule has 3 nitrogen and oxygen atoms in total. The summed E-state index contributed by atoms with van der Waals surface area (Å²) in [7, 11) is 1.88. The molecule has 0 aromatic heterocycles. The molecule has 2 rings (SSSR count). The molecule has 0 fully saturated rings. The minimum Gasteiger partial charge on any atom is -0.344 e. The zero-order valence-corrected chi connectivity index (χ0v) is 10.6. The van der Waals surface area contributed by atoms with Crippen LogP contribution in [0.15, 0.2) is 24.3 Å². The molecule has 1 N–H and O–H groups in total. The number of nitrogens with zero attached hydrogens (tertiary/aromatic N) is 1. The van der Waals surface area contributed by atoms with Gasteiger partial charge in [0.2, 0.25) is 5.91 Å². The van der Waals surface area contributed by atoms with Gasteiger partial charge in [-0.25, -0.2) is 0 Å². The Kier molecular flexibility index (Phi) is 3.79. The van der Waals surface area contributed by atoms with Crippen LogP contribution in [0.4, 0.5) is 0 Å². The van der Waals surface area contributed by atoms with Crippen molar-refractivity contribution in [1.82, 2.24) is 10.2 Å². The van der Waals surface area contributed by atoms with Gasteiger partial charge in [0, 0.05) is 20.1 Å². The topological polar surface area (TPSA) is 32.3 Å². The average Bonchev–Trinajstić information content (AvgIpc) is 2.37. The number of hydrogen-bond acceptors (Lipinski definition) is 2. The maximum atomic E-state index is 12.3. The van der Waals surface area contributed by atoms with Crippen molar-refractivity contribution < 1.29 is 4.79 Å². The zero-order chi connectivity index (χ0) is 12.3. The van der Waals surface area contributed by atoms with Crippen LogP contribution in [0.5, 0.6) is 0 Å². The van der Waals surface area contributed by atoms with E-state index in [1.54, 1.807) is 0 Å². The molecule has 1 atom stereocenters. The van der Waals surface area contributed by atoms with Crippen LogP contribution < -0.4 is 5.32 Å². The second-order valence-corrected chi connectivity index (χ2v) is 4.60. The maximum Gasteiger partial charge on any atom is 0.244 e. The van der Waals surface area contributed by atoms with Gasteiger partial charge in [0.15, 0.2) is 0 Å². The molecule has 1 aliphatic heterocycles. The van der Waals surface area contributed by atoms with Crippen LogP contribution in [0.2, 0.25) is 0 Å². The molecule has 1 aliphatic rings. The Morgan fingerprint density at radius 3 is 3.00 bits per heavy atom. The van der Waals surface area contributed by atoms with Gasteiger partial charge in [-0.2, -0.15) is 0 Å². The van der Waals surface area contributed by atoms with Gasteiger partial charge in [-0.3, -0.25) is 4.79 Å². The molecule has 1 unspecified atom stereocenters. The third-order valence-electron chi connectivity index (χ3n) is 3.29. The first-order valence-electron chi connectivity index (χ1n) is 6.30. The van der Waals surface area contributed by atoms with Gasteiger partial charge in [0.1, 0.15) is 6.04 Å². The second kappa shape index (κ2) is 5.32. The van der Waals surface area contributed by atoms with Crippen molar-refractivity contribution in [3.8, 4) is 0 Å². The first-order valence-corrected chi connectivity index (χ1v) is 6.30. The first-order chi connectivity index (χ1) is 8.24. The molecule has 1 aromatic rings. The normalized spacial score (nSPS) is 18.6. The van der Waals surface area contributed by atoms with Crippen molar-refractivity contribution in [3.05, 3.63) is 35.4 Å². The van der Waals surface area contributed by atoms with Crippen LogP contribution >= 0.6 is 0 Å². The smallest absolute Gasteiger partial charge is 0.244 e. The number of likely N-dealkylation sites (N-methyl/N-ethyl adjacent to an activating group) is 1. The Hall–Kier alpha value is -1.35. The van der Waals surface area contributed by atoms with Crippen LogP contribution in [0.3, 0.4) is 0 Å². The van der Waals surface area contributed by atoms with Gasteiger partial charge in [0.25, 0.3) is 0 Å². The fourth-order valence-electron chi connectivity index (χ4n) is 2.39. The van der Waals surface area contributed by atoms with Crippen LogP contribution in [-0.4, -0.2) is 30.9 Å². The number of carbonyl (C=O) groups excluding carboxylic acids is 1. The molecule has 0 aliphatic carbocycles. The lowest BCUT2D eigenvalue weighted by molar-refractivity contribution is -0.132. The highest BCUT2D eigenvalue weighted by atomic mass is 16.2. The number of hydrogen-bond donors (Lipinski definition) is 1. The predicted octanol–water partition coefficient (Wildman–Crippen LogP) is 1.74. The van der Waals surface area contributed by atoms with Gasteiger partial charge in [-0.05, 0) is 24.0 Å². The Balaban J connectivity index is 2.20. The lowest BCUT2D eigenvalue weighted by Crippen LogP contribution is -2.42. The van der Waals surface area contributed by atoms with Crippen LogP contribution in [0, 0.1) is 0 Å². The maximum absolute atomic E-state index is 12.3. The third-order valence-corrected chi connectivity index (χ3v) is 3.29. The number of amides is 1. The number of carbonyl (C=O) groups is 1. The lowest BCUT2D eigenvalue weighted by Gasteiger charge is -2.29. The summed E-state index contributed by atoms with van der Waals surface area (Å²) in [5.41, 5.74) is 2.45. The van der Waals surface area contributed by atoms with Crippen molar-refractivity contribution >= 4 is 5.91 Å². The molecule has 0 spiro atoms. The van der Waals surface area contributed by atoms with Crippen LogP contribution in [-0.2, 0) is 11.2 Å². The standard InChI is InChI=1S/C14H20N2O/c1-3-10-16(2)14(17)13-12-7-5-4-6-11(12)8-9-15-13/h4-7,13,15H,3,8-10H2,1-2H3. The number of fused-ring (bicyclic) bond motifs is 1. The second-order valence-electron chi connectivity index (χ2n) is 4.60. The summed E-state index contributed by atoms with van der Waals surface area (Å²) in [6.07, 6.45) is 2.01. The van der Waals surface area contributed by atoms with Gasteiger partial charge in [-0.15, -0.1) is 0 Å². The zero-order valence-electron chi connectivity index (χ0n) is 10.6. The lowest BCUT2D eigenvalue weighted by atomic mass is 9.93. The number of nitrogens with one attached hydrogen (secondary N) is 1. The highest BCUT2D eigenvalue weighted by Crippen LogP contribution is 2.23. The van der Waals surface area contributed by atoms with Crippen LogP contribution in [0.25, 0.3) is 0 Å². The van der Waals surface area contributed by atoms with E-state index < -0.39 is 0 Å². The first kappa shape index (κ1) is 12.1. The summed E-state index contributed by atoms with van der Waals surface area (Å²) in [5.74, 6) is 0.180. The summed E-state index contributed by atoms with van der Waals surface area (Å²) in [6, 6.07) is 8.07. The molecular formula is C14H20N2O. The number of benzene rings is 1. The predicted molar refractivity (Wildman–Crippen MR) is 68.8 cm³/mol. The number of rotatable bonds is 3. The molecule has 1 aromatic carbocycles. The van der Waals surface area contributed by atoms with Crippen molar-refractivity contribution in [1.29, 1.82) is 0 Å². The molecule has 0 saturated heterocycles. The monoisotopic (exact) mass is 232 g/mol. The Morgan fingerprint density at radius 2 is 2.24 bits per heavy atom. The summed E-state index contributed by atoms with van der Waals surface area (Å²) >= 11 is 0. The van der Waals surface area contributed by atoms with E-state index in [0.717, 1.165) is 31.5 Å². The third kappa shape index (κ3) is 2.50. The quantitative estimate of drug-likeness (QED) is 0.861. The highest BCUT2D eigenvalue weighted by molar-refractivity contribution is 5.83. The van der Waals surface area contributed by atoms with Gasteiger partial charge in [0.05, 0.1) is 0 Å². The Bertz CT molecular complexity index is 403. The van der Waals surface area contributed by atoms with Gasteiger partial charge < -0.3 is 10.2 Å². The van der Waals surface area contributed by atoms with E-state index in [4.69, 9.17) is 0 Å². The van der Waals surface area contributed by atoms with E-state index in [9.17, 15) is 4.79 Å². The highest BCUT2D eigenvalue weighted by Gasteiger charge is 2.27.